The number of hydrogen-bond donors (Lipinski definition) is 3. The molecule has 3 N–H and O–H groups in total. The van der Waals surface area contributed by atoms with E-state index in [-0.39, 0.29) is 24.0 Å². The second kappa shape index (κ2) is 12.1. The number of rotatable bonds is 9. The van der Waals surface area contributed by atoms with Gasteiger partial charge in [0.2, 0.25) is 11.8 Å². The van der Waals surface area contributed by atoms with Crippen LogP contribution in [0.4, 0.5) is 11.6 Å². The van der Waals surface area contributed by atoms with E-state index < -0.39 is 0 Å². The van der Waals surface area contributed by atoms with Gasteiger partial charge in [-0.05, 0) is 17.7 Å². The molecule has 4 rings (SSSR count). The summed E-state index contributed by atoms with van der Waals surface area (Å²) in [6, 6.07) is 16.7. The van der Waals surface area contributed by atoms with E-state index in [9.17, 15) is 14.7 Å². The Kier molecular flexibility index (Phi) is 8.40. The summed E-state index contributed by atoms with van der Waals surface area (Å²) in [5, 5.41) is 16.0. The third-order valence-electron chi connectivity index (χ3n) is 6.10. The molecule has 0 unspecified atom stereocenters. The van der Waals surface area contributed by atoms with Gasteiger partial charge in [-0.1, -0.05) is 36.4 Å². The van der Waals surface area contributed by atoms with Crippen LogP contribution in [0.1, 0.15) is 12.5 Å². The maximum Gasteiger partial charge on any atom is 0.227 e. The predicted molar refractivity (Wildman–Crippen MR) is 142 cm³/mol. The van der Waals surface area contributed by atoms with Crippen molar-refractivity contribution in [3.05, 3.63) is 60.2 Å². The summed E-state index contributed by atoms with van der Waals surface area (Å²) in [6.45, 7) is 4.91. The van der Waals surface area contributed by atoms with Crippen LogP contribution in [-0.4, -0.2) is 78.2 Å². The lowest BCUT2D eigenvalue weighted by Gasteiger charge is -2.35. The largest absolute Gasteiger partial charge is 0.504 e. The highest BCUT2D eigenvalue weighted by molar-refractivity contribution is 5.79. The molecule has 0 atom stereocenters. The molecule has 1 aliphatic rings. The van der Waals surface area contributed by atoms with Crippen LogP contribution in [0.2, 0.25) is 0 Å². The lowest BCUT2D eigenvalue weighted by Crippen LogP contribution is -2.49. The van der Waals surface area contributed by atoms with Crippen molar-refractivity contribution in [1.82, 2.24) is 20.2 Å². The van der Waals surface area contributed by atoms with Gasteiger partial charge in [0.1, 0.15) is 11.6 Å². The quantitative estimate of drug-likeness (QED) is 0.380. The van der Waals surface area contributed by atoms with Gasteiger partial charge in [0.15, 0.2) is 17.3 Å². The van der Waals surface area contributed by atoms with Crippen LogP contribution >= 0.6 is 0 Å². The molecular formula is C27H32N6O4. The number of phenols is 1. The first-order valence-electron chi connectivity index (χ1n) is 12.2. The zero-order valence-corrected chi connectivity index (χ0v) is 21.1. The summed E-state index contributed by atoms with van der Waals surface area (Å²) in [7, 11) is 1.49. The summed E-state index contributed by atoms with van der Waals surface area (Å²) in [5.41, 5.74) is 1.65. The van der Waals surface area contributed by atoms with Crippen LogP contribution in [0.5, 0.6) is 11.5 Å². The summed E-state index contributed by atoms with van der Waals surface area (Å²) in [4.78, 5) is 37.5. The van der Waals surface area contributed by atoms with Gasteiger partial charge < -0.3 is 30.3 Å². The monoisotopic (exact) mass is 504 g/mol. The molecule has 1 fully saturated rings. The van der Waals surface area contributed by atoms with E-state index in [1.807, 2.05) is 41.3 Å². The average molecular weight is 505 g/mol. The SMILES string of the molecule is COc1ccc(CC(=O)N2CCN(c3cc(NCCNC(C)=O)nc(-c4ccccc4)n3)CC2)cc1O. The minimum Gasteiger partial charge on any atom is -0.504 e. The van der Waals surface area contributed by atoms with Gasteiger partial charge in [-0.3, -0.25) is 9.59 Å². The fourth-order valence-electron chi connectivity index (χ4n) is 4.15. The number of anilines is 2. The molecule has 0 radical (unpaired) electrons. The van der Waals surface area contributed by atoms with Crippen molar-refractivity contribution in [2.45, 2.75) is 13.3 Å². The molecule has 2 aromatic carbocycles. The summed E-state index contributed by atoms with van der Waals surface area (Å²) in [5.74, 6) is 2.40. The van der Waals surface area contributed by atoms with Gasteiger partial charge in [-0.15, -0.1) is 0 Å². The molecule has 2 heterocycles. The van der Waals surface area contributed by atoms with Crippen LogP contribution in [0.3, 0.4) is 0 Å². The molecule has 0 bridgehead atoms. The van der Waals surface area contributed by atoms with Crippen LogP contribution in [0.25, 0.3) is 11.4 Å². The zero-order valence-electron chi connectivity index (χ0n) is 21.1. The molecule has 1 aromatic heterocycles. The number of nitrogens with one attached hydrogen (secondary N) is 2. The maximum atomic E-state index is 12.9. The van der Waals surface area contributed by atoms with E-state index in [0.29, 0.717) is 56.7 Å². The van der Waals surface area contributed by atoms with Crippen molar-refractivity contribution in [2.75, 3.05) is 56.6 Å². The van der Waals surface area contributed by atoms with E-state index >= 15 is 0 Å². The van der Waals surface area contributed by atoms with Crippen molar-refractivity contribution in [3.63, 3.8) is 0 Å². The number of carbonyl (C=O) groups excluding carboxylic acids is 2. The molecule has 194 valence electrons. The first kappa shape index (κ1) is 25.7. The van der Waals surface area contributed by atoms with Crippen molar-refractivity contribution < 1.29 is 19.4 Å². The van der Waals surface area contributed by atoms with E-state index in [1.165, 1.54) is 14.0 Å². The Balaban J connectivity index is 1.42. The number of aromatic hydroxyl groups is 1. The van der Waals surface area contributed by atoms with Crippen molar-refractivity contribution >= 4 is 23.5 Å². The van der Waals surface area contributed by atoms with Crippen LogP contribution in [0.15, 0.2) is 54.6 Å². The number of methoxy groups -OCH3 is 1. The number of piperazine rings is 1. The van der Waals surface area contributed by atoms with E-state index in [1.54, 1.807) is 18.2 Å². The second-order valence-corrected chi connectivity index (χ2v) is 8.76. The molecule has 0 aliphatic carbocycles. The van der Waals surface area contributed by atoms with E-state index in [4.69, 9.17) is 9.72 Å². The normalized spacial score (nSPS) is 13.2. The molecule has 0 spiro atoms. The molecule has 10 nitrogen and oxygen atoms in total. The van der Waals surface area contributed by atoms with Crippen LogP contribution in [0, 0.1) is 0 Å². The Bertz CT molecular complexity index is 1230. The molecule has 2 amide bonds. The summed E-state index contributed by atoms with van der Waals surface area (Å²) >= 11 is 0. The molecule has 3 aromatic rings. The molecule has 37 heavy (non-hydrogen) atoms. The van der Waals surface area contributed by atoms with E-state index in [0.717, 1.165) is 16.9 Å². The lowest BCUT2D eigenvalue weighted by atomic mass is 10.1. The van der Waals surface area contributed by atoms with Gasteiger partial charge in [0.25, 0.3) is 0 Å². The Morgan fingerprint density at radius 1 is 1.00 bits per heavy atom. The van der Waals surface area contributed by atoms with Crippen molar-refractivity contribution in [1.29, 1.82) is 0 Å². The molecular weight excluding hydrogens is 472 g/mol. The maximum absolute atomic E-state index is 12.9. The van der Waals surface area contributed by atoms with Crippen LogP contribution in [-0.2, 0) is 16.0 Å². The first-order valence-corrected chi connectivity index (χ1v) is 12.2. The smallest absolute Gasteiger partial charge is 0.227 e. The fraction of sp³-hybridized carbons (Fsp3) is 0.333. The number of carbonyl (C=O) groups is 2. The van der Waals surface area contributed by atoms with Crippen molar-refractivity contribution in [3.8, 4) is 22.9 Å². The number of benzene rings is 2. The van der Waals surface area contributed by atoms with Crippen molar-refractivity contribution in [2.24, 2.45) is 0 Å². The standard InChI is InChI=1S/C27H32N6O4/c1-19(34)28-10-11-29-24-18-25(31-27(30-24)21-6-4-3-5-7-21)32-12-14-33(15-13-32)26(36)17-20-8-9-23(37-2)22(35)16-20/h3-9,16,18,35H,10-15,17H2,1-2H3,(H,28,34)(H,29,30,31). The van der Waals surface area contributed by atoms with Gasteiger partial charge in [0, 0.05) is 57.8 Å². The highest BCUT2D eigenvalue weighted by atomic mass is 16.5. The number of phenolic OH excluding ortho intramolecular Hbond substituents is 1. The number of hydrogen-bond acceptors (Lipinski definition) is 8. The lowest BCUT2D eigenvalue weighted by molar-refractivity contribution is -0.130. The summed E-state index contributed by atoms with van der Waals surface area (Å²) in [6.07, 6.45) is 0.214. The van der Waals surface area contributed by atoms with Gasteiger partial charge in [0.05, 0.1) is 13.5 Å². The highest BCUT2D eigenvalue weighted by Crippen LogP contribution is 2.27. The van der Waals surface area contributed by atoms with Gasteiger partial charge in [-0.25, -0.2) is 9.97 Å². The second-order valence-electron chi connectivity index (χ2n) is 8.76. The summed E-state index contributed by atoms with van der Waals surface area (Å²) < 4.78 is 5.07. The van der Waals surface area contributed by atoms with Gasteiger partial charge in [-0.2, -0.15) is 0 Å². The minimum absolute atomic E-state index is 0.0113. The molecule has 1 saturated heterocycles. The fourth-order valence-corrected chi connectivity index (χ4v) is 4.15. The van der Waals surface area contributed by atoms with Crippen LogP contribution < -0.4 is 20.3 Å². The average Bonchev–Trinajstić information content (AvgIpc) is 2.91. The Morgan fingerprint density at radius 3 is 2.43 bits per heavy atom. The minimum atomic E-state index is -0.0774. The Labute approximate surface area is 216 Å². The Hall–Kier alpha value is -4.34. The third kappa shape index (κ3) is 6.87. The first-order chi connectivity index (χ1) is 17.9. The Morgan fingerprint density at radius 2 is 1.76 bits per heavy atom. The number of aromatic nitrogens is 2. The van der Waals surface area contributed by atoms with Gasteiger partial charge >= 0.3 is 0 Å². The zero-order chi connectivity index (χ0) is 26.2. The number of amides is 2. The topological polar surface area (TPSA) is 120 Å². The molecule has 1 aliphatic heterocycles. The van der Waals surface area contributed by atoms with E-state index in [2.05, 4.69) is 20.5 Å². The third-order valence-corrected chi connectivity index (χ3v) is 6.10. The molecule has 0 saturated carbocycles. The highest BCUT2D eigenvalue weighted by Gasteiger charge is 2.23. The number of ether oxygens (including phenoxy) is 1. The number of nitrogens with zero attached hydrogens (tertiary/aromatic N) is 4. The predicted octanol–water partition coefficient (Wildman–Crippen LogP) is 2.30. The molecule has 10 heteroatoms.